The first kappa shape index (κ1) is 14.4. The van der Waals surface area contributed by atoms with Crippen molar-refractivity contribution in [3.05, 3.63) is 63.8 Å². The predicted molar refractivity (Wildman–Crippen MR) is 88.1 cm³/mol. The lowest BCUT2D eigenvalue weighted by Crippen LogP contribution is -2.23. The number of hydrogen-bond acceptors (Lipinski definition) is 3. The summed E-state index contributed by atoms with van der Waals surface area (Å²) >= 11 is 5.98. The quantitative estimate of drug-likeness (QED) is 0.747. The summed E-state index contributed by atoms with van der Waals surface area (Å²) in [6.45, 7) is 1.59. The van der Waals surface area contributed by atoms with Gasteiger partial charge in [-0.2, -0.15) is 4.09 Å². The SMILES string of the molecule is O=c1ccc2c(-c3cc4c(cc3F)CCNC4)ccnc2n1Cl. The molecule has 0 saturated carbocycles. The van der Waals surface area contributed by atoms with Crippen LogP contribution in [0, 0.1) is 5.82 Å². The van der Waals surface area contributed by atoms with E-state index in [9.17, 15) is 9.18 Å². The van der Waals surface area contributed by atoms with Gasteiger partial charge in [-0.25, -0.2) is 9.37 Å². The summed E-state index contributed by atoms with van der Waals surface area (Å²) in [4.78, 5) is 15.8. The zero-order chi connectivity index (χ0) is 16.0. The maximum absolute atomic E-state index is 14.6. The molecule has 0 bridgehead atoms. The molecule has 0 spiro atoms. The van der Waals surface area contributed by atoms with Crippen LogP contribution < -0.4 is 10.9 Å². The summed E-state index contributed by atoms with van der Waals surface area (Å²) in [6.07, 6.45) is 2.36. The van der Waals surface area contributed by atoms with Crippen molar-refractivity contribution in [1.29, 1.82) is 0 Å². The summed E-state index contributed by atoms with van der Waals surface area (Å²) < 4.78 is 15.6. The Bertz CT molecular complexity index is 983. The smallest absolute Gasteiger partial charge is 0.266 e. The summed E-state index contributed by atoms with van der Waals surface area (Å²) in [5.41, 5.74) is 3.27. The number of pyridine rings is 2. The Morgan fingerprint density at radius 2 is 2.04 bits per heavy atom. The molecule has 23 heavy (non-hydrogen) atoms. The van der Waals surface area contributed by atoms with Gasteiger partial charge in [-0.1, -0.05) is 0 Å². The zero-order valence-electron chi connectivity index (χ0n) is 12.1. The fourth-order valence-corrected chi connectivity index (χ4v) is 3.24. The number of fused-ring (bicyclic) bond motifs is 2. The van der Waals surface area contributed by atoms with E-state index < -0.39 is 0 Å². The van der Waals surface area contributed by atoms with Gasteiger partial charge in [0.05, 0.1) is 0 Å². The number of rotatable bonds is 1. The average Bonchev–Trinajstić information content (AvgIpc) is 2.57. The molecule has 3 heterocycles. The fraction of sp³-hybridized carbons (Fsp3) is 0.176. The third-order valence-corrected chi connectivity index (χ3v) is 4.53. The molecule has 0 saturated heterocycles. The molecule has 4 nitrogen and oxygen atoms in total. The van der Waals surface area contributed by atoms with Crippen LogP contribution in [0.3, 0.4) is 0 Å². The molecule has 6 heteroatoms. The molecule has 0 unspecified atom stereocenters. The lowest BCUT2D eigenvalue weighted by molar-refractivity contribution is 0.609. The highest BCUT2D eigenvalue weighted by Gasteiger charge is 2.16. The highest BCUT2D eigenvalue weighted by Crippen LogP contribution is 2.31. The molecule has 1 N–H and O–H groups in total. The van der Waals surface area contributed by atoms with Crippen molar-refractivity contribution < 1.29 is 4.39 Å². The molecule has 0 radical (unpaired) electrons. The summed E-state index contributed by atoms with van der Waals surface area (Å²) in [7, 11) is 0. The third kappa shape index (κ3) is 2.33. The van der Waals surface area contributed by atoms with E-state index in [1.165, 1.54) is 12.3 Å². The van der Waals surface area contributed by atoms with E-state index in [0.717, 1.165) is 34.7 Å². The molecule has 4 rings (SSSR count). The van der Waals surface area contributed by atoms with Gasteiger partial charge >= 0.3 is 0 Å². The maximum Gasteiger partial charge on any atom is 0.266 e. The van der Waals surface area contributed by atoms with Gasteiger partial charge in [0.25, 0.3) is 5.56 Å². The van der Waals surface area contributed by atoms with E-state index in [4.69, 9.17) is 11.8 Å². The van der Waals surface area contributed by atoms with E-state index in [1.54, 1.807) is 18.2 Å². The van der Waals surface area contributed by atoms with Crippen LogP contribution in [-0.4, -0.2) is 15.6 Å². The molecule has 2 aromatic heterocycles. The second-order valence-corrected chi connectivity index (χ2v) is 5.91. The Balaban J connectivity index is 2.00. The van der Waals surface area contributed by atoms with E-state index in [1.807, 2.05) is 6.07 Å². The minimum Gasteiger partial charge on any atom is -0.312 e. The van der Waals surface area contributed by atoms with Crippen LogP contribution in [0.2, 0.25) is 0 Å². The Morgan fingerprint density at radius 1 is 1.17 bits per heavy atom. The molecular weight excluding hydrogens is 317 g/mol. The lowest BCUT2D eigenvalue weighted by Gasteiger charge is -2.19. The normalized spacial score (nSPS) is 14.0. The summed E-state index contributed by atoms with van der Waals surface area (Å²) in [6, 6.07) is 8.21. The van der Waals surface area contributed by atoms with Gasteiger partial charge in [0.15, 0.2) is 5.65 Å². The Hall–Kier alpha value is -2.24. The Kier molecular flexibility index (Phi) is 3.39. The largest absolute Gasteiger partial charge is 0.312 e. The van der Waals surface area contributed by atoms with Crippen LogP contribution in [0.5, 0.6) is 0 Å². The van der Waals surface area contributed by atoms with Gasteiger partial charge in [-0.3, -0.25) is 4.79 Å². The van der Waals surface area contributed by atoms with E-state index >= 15 is 0 Å². The number of halogens is 2. The van der Waals surface area contributed by atoms with Crippen LogP contribution in [0.1, 0.15) is 11.1 Å². The fourth-order valence-electron chi connectivity index (χ4n) is 3.05. The number of nitrogens with one attached hydrogen (secondary N) is 1. The van der Waals surface area contributed by atoms with Crippen molar-refractivity contribution in [3.63, 3.8) is 0 Å². The first-order chi connectivity index (χ1) is 11.1. The number of hydrogen-bond donors (Lipinski definition) is 1. The second kappa shape index (κ2) is 5.44. The van der Waals surface area contributed by atoms with Gasteiger partial charge in [-0.15, -0.1) is 0 Å². The van der Waals surface area contributed by atoms with Crippen molar-refractivity contribution in [3.8, 4) is 11.1 Å². The predicted octanol–water partition coefficient (Wildman–Crippen LogP) is 2.85. The van der Waals surface area contributed by atoms with Crippen LogP contribution in [0.25, 0.3) is 22.2 Å². The zero-order valence-corrected chi connectivity index (χ0v) is 12.9. The van der Waals surface area contributed by atoms with Crippen LogP contribution in [-0.2, 0) is 13.0 Å². The van der Waals surface area contributed by atoms with Crippen molar-refractivity contribution in [2.45, 2.75) is 13.0 Å². The molecule has 1 aromatic carbocycles. The minimum atomic E-state index is -0.362. The molecule has 0 aliphatic carbocycles. The first-order valence-electron chi connectivity index (χ1n) is 7.34. The number of benzene rings is 1. The van der Waals surface area contributed by atoms with E-state index in [-0.39, 0.29) is 11.4 Å². The average molecular weight is 330 g/mol. The van der Waals surface area contributed by atoms with Crippen molar-refractivity contribution in [2.75, 3.05) is 6.54 Å². The topological polar surface area (TPSA) is 46.9 Å². The molecule has 3 aromatic rings. The molecule has 1 aliphatic heterocycles. The van der Waals surface area contributed by atoms with Crippen LogP contribution >= 0.6 is 11.8 Å². The molecule has 0 fully saturated rings. The molecule has 1 aliphatic rings. The lowest BCUT2D eigenvalue weighted by atomic mass is 9.94. The van der Waals surface area contributed by atoms with Gasteiger partial charge in [0, 0.05) is 41.5 Å². The monoisotopic (exact) mass is 329 g/mol. The first-order valence-corrected chi connectivity index (χ1v) is 7.68. The van der Waals surface area contributed by atoms with Gasteiger partial charge < -0.3 is 5.32 Å². The maximum atomic E-state index is 14.6. The highest BCUT2D eigenvalue weighted by atomic mass is 35.5. The van der Waals surface area contributed by atoms with Crippen molar-refractivity contribution in [2.24, 2.45) is 0 Å². The van der Waals surface area contributed by atoms with E-state index in [2.05, 4.69) is 10.3 Å². The van der Waals surface area contributed by atoms with Gasteiger partial charge in [0.2, 0.25) is 0 Å². The van der Waals surface area contributed by atoms with E-state index in [0.29, 0.717) is 22.2 Å². The molecule has 0 atom stereocenters. The van der Waals surface area contributed by atoms with Crippen molar-refractivity contribution in [1.82, 2.24) is 14.4 Å². The van der Waals surface area contributed by atoms with Crippen molar-refractivity contribution >= 4 is 22.8 Å². The number of aromatic nitrogens is 2. The number of nitrogens with zero attached hydrogens (tertiary/aromatic N) is 2. The highest BCUT2D eigenvalue weighted by molar-refractivity contribution is 6.18. The second-order valence-electron chi connectivity index (χ2n) is 5.58. The third-order valence-electron chi connectivity index (χ3n) is 4.21. The minimum absolute atomic E-state index is 0.273. The Morgan fingerprint density at radius 3 is 2.91 bits per heavy atom. The molecule has 116 valence electrons. The summed E-state index contributed by atoms with van der Waals surface area (Å²) in [5.74, 6) is -0.273. The van der Waals surface area contributed by atoms with Gasteiger partial charge in [-0.05, 0) is 53.9 Å². The standard InChI is InChI=1S/C17H13ClFN3O/c18-22-16(23)2-1-13-12(4-6-21-17(13)22)14-7-11-9-20-5-3-10(11)8-15(14)19/h1-2,4,6-8,20H,3,5,9H2. The summed E-state index contributed by atoms with van der Waals surface area (Å²) in [5, 5.41) is 3.93. The molecule has 0 amide bonds. The van der Waals surface area contributed by atoms with Crippen LogP contribution in [0.4, 0.5) is 4.39 Å². The molecular formula is C17H13ClFN3O. The Labute approximate surface area is 136 Å². The van der Waals surface area contributed by atoms with Gasteiger partial charge in [0.1, 0.15) is 5.82 Å². The van der Waals surface area contributed by atoms with Crippen LogP contribution in [0.15, 0.2) is 41.3 Å².